The van der Waals surface area contributed by atoms with Crippen molar-refractivity contribution >= 4 is 10.9 Å². The van der Waals surface area contributed by atoms with Crippen molar-refractivity contribution in [3.8, 4) is 6.07 Å². The van der Waals surface area contributed by atoms with Gasteiger partial charge in [-0.15, -0.1) is 0 Å². The number of aromatic nitrogens is 2. The van der Waals surface area contributed by atoms with Crippen LogP contribution in [-0.4, -0.2) is 9.97 Å². The highest BCUT2D eigenvalue weighted by Crippen LogP contribution is 2.21. The van der Waals surface area contributed by atoms with Crippen LogP contribution in [0.2, 0.25) is 0 Å². The quantitative estimate of drug-likeness (QED) is 0.681. The first kappa shape index (κ1) is 8.64. The van der Waals surface area contributed by atoms with Crippen LogP contribution in [0.3, 0.4) is 0 Å². The summed E-state index contributed by atoms with van der Waals surface area (Å²) in [4.78, 5) is 8.35. The van der Waals surface area contributed by atoms with E-state index in [9.17, 15) is 0 Å². The van der Waals surface area contributed by atoms with Crippen LogP contribution < -0.4 is 0 Å². The third kappa shape index (κ3) is 1.31. The monoisotopic (exact) mass is 183 g/mol. The van der Waals surface area contributed by atoms with Gasteiger partial charge in [0.2, 0.25) is 0 Å². The maximum absolute atomic E-state index is 8.84. The SMILES string of the molecule is C[C@@H](C#N)c1cncc2cccnc12. The summed E-state index contributed by atoms with van der Waals surface area (Å²) in [6.45, 7) is 1.85. The maximum atomic E-state index is 8.84. The molecule has 2 aromatic heterocycles. The van der Waals surface area contributed by atoms with Gasteiger partial charge in [0.25, 0.3) is 0 Å². The molecule has 0 bridgehead atoms. The lowest BCUT2D eigenvalue weighted by Gasteiger charge is -2.05. The van der Waals surface area contributed by atoms with Crippen LogP contribution in [0, 0.1) is 11.3 Å². The van der Waals surface area contributed by atoms with Gasteiger partial charge in [-0.05, 0) is 19.1 Å². The highest BCUT2D eigenvalue weighted by Gasteiger charge is 2.09. The highest BCUT2D eigenvalue weighted by molar-refractivity contribution is 5.81. The molecular weight excluding hydrogens is 174 g/mol. The third-order valence-corrected chi connectivity index (χ3v) is 2.20. The Morgan fingerprint density at radius 1 is 1.43 bits per heavy atom. The summed E-state index contributed by atoms with van der Waals surface area (Å²) in [5.41, 5.74) is 1.77. The van der Waals surface area contributed by atoms with Crippen LogP contribution in [0.25, 0.3) is 10.9 Å². The minimum Gasteiger partial charge on any atom is -0.264 e. The molecule has 0 unspecified atom stereocenters. The Labute approximate surface area is 82.0 Å². The second-order valence-electron chi connectivity index (χ2n) is 3.15. The average Bonchev–Trinajstić information content (AvgIpc) is 2.27. The van der Waals surface area contributed by atoms with Gasteiger partial charge in [-0.2, -0.15) is 5.26 Å². The van der Waals surface area contributed by atoms with Crippen LogP contribution in [0.1, 0.15) is 18.4 Å². The van der Waals surface area contributed by atoms with Crippen molar-refractivity contribution < 1.29 is 0 Å². The molecule has 0 aliphatic carbocycles. The molecule has 0 amide bonds. The van der Waals surface area contributed by atoms with Crippen molar-refractivity contribution in [3.63, 3.8) is 0 Å². The lowest BCUT2D eigenvalue weighted by Crippen LogP contribution is -1.94. The molecule has 3 heteroatoms. The molecule has 2 aromatic rings. The van der Waals surface area contributed by atoms with Crippen molar-refractivity contribution in [2.45, 2.75) is 12.8 Å². The van der Waals surface area contributed by atoms with Crippen molar-refractivity contribution in [1.82, 2.24) is 9.97 Å². The molecule has 14 heavy (non-hydrogen) atoms. The minimum atomic E-state index is -0.166. The zero-order valence-electron chi connectivity index (χ0n) is 7.81. The first-order valence-electron chi connectivity index (χ1n) is 4.41. The molecule has 2 heterocycles. The topological polar surface area (TPSA) is 49.6 Å². The fraction of sp³-hybridized carbons (Fsp3) is 0.182. The lowest BCUT2D eigenvalue weighted by atomic mass is 10.0. The number of hydrogen-bond donors (Lipinski definition) is 0. The Kier molecular flexibility index (Phi) is 2.11. The molecule has 0 aromatic carbocycles. The summed E-state index contributed by atoms with van der Waals surface area (Å²) in [7, 11) is 0. The summed E-state index contributed by atoms with van der Waals surface area (Å²) < 4.78 is 0. The molecule has 0 aliphatic heterocycles. The van der Waals surface area contributed by atoms with Gasteiger partial charge in [-0.25, -0.2) is 0 Å². The molecule has 0 spiro atoms. The van der Waals surface area contributed by atoms with Crippen LogP contribution in [-0.2, 0) is 0 Å². The summed E-state index contributed by atoms with van der Waals surface area (Å²) in [5, 5.41) is 9.82. The van der Waals surface area contributed by atoms with Gasteiger partial charge < -0.3 is 0 Å². The summed E-state index contributed by atoms with van der Waals surface area (Å²) in [5.74, 6) is -0.166. The molecule has 2 rings (SSSR count). The number of hydrogen-bond acceptors (Lipinski definition) is 3. The summed E-state index contributed by atoms with van der Waals surface area (Å²) in [6.07, 6.45) is 5.20. The van der Waals surface area contributed by atoms with E-state index in [0.717, 1.165) is 16.5 Å². The normalized spacial score (nSPS) is 12.3. The Bertz CT molecular complexity index is 494. The van der Waals surface area contributed by atoms with Crippen LogP contribution in [0.15, 0.2) is 30.7 Å². The van der Waals surface area contributed by atoms with Gasteiger partial charge in [0.1, 0.15) is 0 Å². The predicted molar refractivity (Wildman–Crippen MR) is 53.6 cm³/mol. The second-order valence-corrected chi connectivity index (χ2v) is 3.15. The lowest BCUT2D eigenvalue weighted by molar-refractivity contribution is 0.975. The second kappa shape index (κ2) is 3.43. The fourth-order valence-electron chi connectivity index (χ4n) is 1.41. The number of nitrogens with zero attached hydrogens (tertiary/aromatic N) is 3. The number of pyridine rings is 2. The van der Waals surface area contributed by atoms with E-state index in [2.05, 4.69) is 16.0 Å². The van der Waals surface area contributed by atoms with Gasteiger partial charge in [0.15, 0.2) is 0 Å². The largest absolute Gasteiger partial charge is 0.264 e. The standard InChI is InChI=1S/C11H9N3/c1-8(5-12)10-7-13-6-9-3-2-4-14-11(9)10/h2-4,6-8H,1H3/t8-/m0/s1. The molecule has 0 N–H and O–H groups in total. The predicted octanol–water partition coefficient (Wildman–Crippen LogP) is 2.26. The van der Waals surface area contributed by atoms with E-state index in [1.807, 2.05) is 19.1 Å². The summed E-state index contributed by atoms with van der Waals surface area (Å²) in [6, 6.07) is 6.01. The Balaban J connectivity index is 2.72. The van der Waals surface area contributed by atoms with E-state index < -0.39 is 0 Å². The average molecular weight is 183 g/mol. The Hall–Kier alpha value is -1.95. The number of nitriles is 1. The smallest absolute Gasteiger partial charge is 0.0778 e. The zero-order chi connectivity index (χ0) is 9.97. The van der Waals surface area contributed by atoms with Gasteiger partial charge in [0, 0.05) is 29.5 Å². The molecule has 0 aliphatic rings. The maximum Gasteiger partial charge on any atom is 0.0778 e. The number of rotatable bonds is 1. The molecule has 0 saturated carbocycles. The van der Waals surface area contributed by atoms with Gasteiger partial charge >= 0.3 is 0 Å². The Morgan fingerprint density at radius 2 is 2.29 bits per heavy atom. The molecule has 0 saturated heterocycles. The highest BCUT2D eigenvalue weighted by atomic mass is 14.7. The summed E-state index contributed by atoms with van der Waals surface area (Å²) >= 11 is 0. The molecule has 68 valence electrons. The van der Waals surface area contributed by atoms with E-state index >= 15 is 0 Å². The van der Waals surface area contributed by atoms with E-state index in [1.54, 1.807) is 18.6 Å². The number of fused-ring (bicyclic) bond motifs is 1. The van der Waals surface area contributed by atoms with E-state index in [4.69, 9.17) is 5.26 Å². The zero-order valence-corrected chi connectivity index (χ0v) is 7.81. The first-order valence-corrected chi connectivity index (χ1v) is 4.41. The third-order valence-electron chi connectivity index (χ3n) is 2.20. The van der Waals surface area contributed by atoms with Crippen molar-refractivity contribution in [2.24, 2.45) is 0 Å². The fourth-order valence-corrected chi connectivity index (χ4v) is 1.41. The molecule has 0 radical (unpaired) electrons. The first-order chi connectivity index (χ1) is 6.83. The van der Waals surface area contributed by atoms with Crippen LogP contribution in [0.4, 0.5) is 0 Å². The van der Waals surface area contributed by atoms with Crippen LogP contribution >= 0.6 is 0 Å². The van der Waals surface area contributed by atoms with Gasteiger partial charge in [0.05, 0.1) is 17.5 Å². The molecule has 0 fully saturated rings. The van der Waals surface area contributed by atoms with Gasteiger partial charge in [-0.1, -0.05) is 0 Å². The van der Waals surface area contributed by atoms with E-state index in [1.165, 1.54) is 0 Å². The Morgan fingerprint density at radius 3 is 3.07 bits per heavy atom. The van der Waals surface area contributed by atoms with Crippen LogP contribution in [0.5, 0.6) is 0 Å². The molecule has 1 atom stereocenters. The van der Waals surface area contributed by atoms with E-state index in [0.29, 0.717) is 0 Å². The van der Waals surface area contributed by atoms with Crippen molar-refractivity contribution in [3.05, 3.63) is 36.3 Å². The molecular formula is C11H9N3. The van der Waals surface area contributed by atoms with Crippen molar-refractivity contribution in [1.29, 1.82) is 5.26 Å². The van der Waals surface area contributed by atoms with Gasteiger partial charge in [-0.3, -0.25) is 9.97 Å². The van der Waals surface area contributed by atoms with Crippen molar-refractivity contribution in [2.75, 3.05) is 0 Å². The minimum absolute atomic E-state index is 0.166. The molecule has 3 nitrogen and oxygen atoms in total. The van der Waals surface area contributed by atoms with E-state index in [-0.39, 0.29) is 5.92 Å².